The molecule has 0 saturated carbocycles. The molecule has 0 atom stereocenters. The SMILES string of the molecule is O=C(CNc1cc2c(cc1Cl)OCCCO2)Nc1ccccc1Br. The van der Waals surface area contributed by atoms with Gasteiger partial charge in [-0.2, -0.15) is 0 Å². The van der Waals surface area contributed by atoms with Crippen molar-refractivity contribution in [1.82, 2.24) is 0 Å². The minimum absolute atomic E-state index is 0.0840. The zero-order valence-electron chi connectivity index (χ0n) is 12.8. The molecule has 0 fully saturated rings. The van der Waals surface area contributed by atoms with Crippen LogP contribution in [0.25, 0.3) is 0 Å². The average Bonchev–Trinajstić information content (AvgIpc) is 2.79. The molecule has 1 heterocycles. The molecular weight excluding hydrogens is 396 g/mol. The van der Waals surface area contributed by atoms with Gasteiger partial charge in [0.1, 0.15) is 0 Å². The maximum atomic E-state index is 12.1. The molecule has 0 radical (unpaired) electrons. The zero-order chi connectivity index (χ0) is 16.9. The summed E-state index contributed by atoms with van der Waals surface area (Å²) in [5.41, 5.74) is 1.34. The summed E-state index contributed by atoms with van der Waals surface area (Å²) < 4.78 is 12.0. The van der Waals surface area contributed by atoms with E-state index in [1.54, 1.807) is 12.1 Å². The lowest BCUT2D eigenvalue weighted by Gasteiger charge is -2.13. The van der Waals surface area contributed by atoms with Crippen LogP contribution < -0.4 is 20.1 Å². The Morgan fingerprint density at radius 3 is 2.58 bits per heavy atom. The standard InChI is InChI=1S/C17H16BrClN2O3/c18-11-4-1-2-5-13(11)21-17(22)10-20-14-9-16-15(8-12(14)19)23-6-3-7-24-16/h1-2,4-5,8-9,20H,3,6-7,10H2,(H,21,22). The molecule has 5 nitrogen and oxygen atoms in total. The molecular formula is C17H16BrClN2O3. The van der Waals surface area contributed by atoms with E-state index in [1.165, 1.54) is 0 Å². The normalized spacial score (nSPS) is 13.1. The smallest absolute Gasteiger partial charge is 0.243 e. The van der Waals surface area contributed by atoms with Gasteiger partial charge in [-0.1, -0.05) is 23.7 Å². The minimum Gasteiger partial charge on any atom is -0.490 e. The lowest BCUT2D eigenvalue weighted by Crippen LogP contribution is -2.22. The number of fused-ring (bicyclic) bond motifs is 1. The quantitative estimate of drug-likeness (QED) is 0.787. The van der Waals surface area contributed by atoms with E-state index in [2.05, 4.69) is 26.6 Å². The number of anilines is 2. The highest BCUT2D eigenvalue weighted by atomic mass is 79.9. The van der Waals surface area contributed by atoms with Crippen molar-refractivity contribution in [1.29, 1.82) is 0 Å². The van der Waals surface area contributed by atoms with Crippen molar-refractivity contribution >= 4 is 44.8 Å². The highest BCUT2D eigenvalue weighted by Crippen LogP contribution is 2.37. The summed E-state index contributed by atoms with van der Waals surface area (Å²) in [4.78, 5) is 12.1. The Balaban J connectivity index is 1.65. The Hall–Kier alpha value is -1.92. The molecule has 0 aliphatic carbocycles. The monoisotopic (exact) mass is 410 g/mol. The third-order valence-electron chi connectivity index (χ3n) is 3.42. The van der Waals surface area contributed by atoms with Gasteiger partial charge in [0.2, 0.25) is 5.91 Å². The maximum absolute atomic E-state index is 12.1. The molecule has 1 aliphatic rings. The lowest BCUT2D eigenvalue weighted by atomic mass is 10.2. The van der Waals surface area contributed by atoms with Crippen LogP contribution in [0.2, 0.25) is 5.02 Å². The highest BCUT2D eigenvalue weighted by molar-refractivity contribution is 9.10. The molecule has 24 heavy (non-hydrogen) atoms. The molecule has 0 bridgehead atoms. The third kappa shape index (κ3) is 4.13. The first-order chi connectivity index (χ1) is 11.6. The van der Waals surface area contributed by atoms with Crippen molar-refractivity contribution in [3.8, 4) is 11.5 Å². The van der Waals surface area contributed by atoms with Crippen molar-refractivity contribution in [3.05, 3.63) is 45.9 Å². The zero-order valence-corrected chi connectivity index (χ0v) is 15.1. The van der Waals surface area contributed by atoms with Crippen molar-refractivity contribution in [3.63, 3.8) is 0 Å². The topological polar surface area (TPSA) is 59.6 Å². The molecule has 7 heteroatoms. The van der Waals surface area contributed by atoms with E-state index < -0.39 is 0 Å². The lowest BCUT2D eigenvalue weighted by molar-refractivity contribution is -0.114. The van der Waals surface area contributed by atoms with Gasteiger partial charge in [0.15, 0.2) is 11.5 Å². The van der Waals surface area contributed by atoms with Crippen LogP contribution in [0.5, 0.6) is 11.5 Å². The number of hydrogen-bond acceptors (Lipinski definition) is 4. The van der Waals surface area contributed by atoms with Crippen LogP contribution in [0.1, 0.15) is 6.42 Å². The van der Waals surface area contributed by atoms with Crippen LogP contribution in [0.3, 0.4) is 0 Å². The number of carbonyl (C=O) groups excluding carboxylic acids is 1. The van der Waals surface area contributed by atoms with E-state index in [0.29, 0.717) is 41.1 Å². The molecule has 126 valence electrons. The van der Waals surface area contributed by atoms with Crippen LogP contribution in [0.15, 0.2) is 40.9 Å². The second kappa shape index (κ2) is 7.77. The van der Waals surface area contributed by atoms with Crippen molar-refractivity contribution in [2.45, 2.75) is 6.42 Å². The number of rotatable bonds is 4. The molecule has 0 unspecified atom stereocenters. The second-order valence-electron chi connectivity index (χ2n) is 5.21. The largest absolute Gasteiger partial charge is 0.490 e. The van der Waals surface area contributed by atoms with Gasteiger partial charge in [-0.15, -0.1) is 0 Å². The van der Waals surface area contributed by atoms with Crippen LogP contribution in [-0.4, -0.2) is 25.7 Å². The summed E-state index contributed by atoms with van der Waals surface area (Å²) in [6.45, 7) is 1.28. The minimum atomic E-state index is -0.176. The number of halogens is 2. The molecule has 2 aromatic rings. The summed E-state index contributed by atoms with van der Waals surface area (Å²) >= 11 is 9.64. The van der Waals surface area contributed by atoms with E-state index in [1.807, 2.05) is 24.3 Å². The van der Waals surface area contributed by atoms with Gasteiger partial charge in [0, 0.05) is 23.0 Å². The molecule has 3 rings (SSSR count). The summed E-state index contributed by atoms with van der Waals surface area (Å²) in [6, 6.07) is 10.9. The van der Waals surface area contributed by atoms with Gasteiger partial charge < -0.3 is 20.1 Å². The number of carbonyl (C=O) groups is 1. The van der Waals surface area contributed by atoms with E-state index in [4.69, 9.17) is 21.1 Å². The fraction of sp³-hybridized carbons (Fsp3) is 0.235. The van der Waals surface area contributed by atoms with Gasteiger partial charge in [-0.3, -0.25) is 4.79 Å². The molecule has 2 N–H and O–H groups in total. The Morgan fingerprint density at radius 1 is 1.12 bits per heavy atom. The first-order valence-corrected chi connectivity index (χ1v) is 8.68. The van der Waals surface area contributed by atoms with Crippen LogP contribution in [0, 0.1) is 0 Å². The first-order valence-electron chi connectivity index (χ1n) is 7.51. The van der Waals surface area contributed by atoms with Gasteiger partial charge >= 0.3 is 0 Å². The molecule has 1 amide bonds. The van der Waals surface area contributed by atoms with Crippen LogP contribution >= 0.6 is 27.5 Å². The summed E-state index contributed by atoms with van der Waals surface area (Å²) in [5, 5.41) is 6.33. The Bertz CT molecular complexity index is 755. The van der Waals surface area contributed by atoms with E-state index in [0.717, 1.165) is 10.9 Å². The molecule has 0 spiro atoms. The summed E-state index contributed by atoms with van der Waals surface area (Å²) in [5.74, 6) is 1.08. The van der Waals surface area contributed by atoms with Gasteiger partial charge in [0.05, 0.1) is 36.2 Å². The van der Waals surface area contributed by atoms with E-state index in [9.17, 15) is 4.79 Å². The highest BCUT2D eigenvalue weighted by Gasteiger charge is 2.15. The Kier molecular flexibility index (Phi) is 5.48. The molecule has 1 aliphatic heterocycles. The fourth-order valence-corrected chi connectivity index (χ4v) is 2.86. The van der Waals surface area contributed by atoms with Crippen LogP contribution in [-0.2, 0) is 4.79 Å². The number of para-hydroxylation sites is 1. The van der Waals surface area contributed by atoms with Gasteiger partial charge in [-0.05, 0) is 28.1 Å². The number of nitrogens with one attached hydrogen (secondary N) is 2. The number of hydrogen-bond donors (Lipinski definition) is 2. The van der Waals surface area contributed by atoms with Gasteiger partial charge in [0.25, 0.3) is 0 Å². The first kappa shape index (κ1) is 16.9. The predicted molar refractivity (Wildman–Crippen MR) is 98.3 cm³/mol. The molecule has 0 aromatic heterocycles. The Labute approximate surface area is 153 Å². The van der Waals surface area contributed by atoms with Crippen molar-refractivity contribution in [2.75, 3.05) is 30.4 Å². The molecule has 2 aromatic carbocycles. The van der Waals surface area contributed by atoms with E-state index >= 15 is 0 Å². The second-order valence-corrected chi connectivity index (χ2v) is 6.47. The Morgan fingerprint density at radius 2 is 1.83 bits per heavy atom. The average molecular weight is 412 g/mol. The summed E-state index contributed by atoms with van der Waals surface area (Å²) in [6.07, 6.45) is 0.823. The number of benzene rings is 2. The summed E-state index contributed by atoms with van der Waals surface area (Å²) in [7, 11) is 0. The fourth-order valence-electron chi connectivity index (χ4n) is 2.25. The van der Waals surface area contributed by atoms with Crippen LogP contribution in [0.4, 0.5) is 11.4 Å². The maximum Gasteiger partial charge on any atom is 0.243 e. The predicted octanol–water partition coefficient (Wildman–Crippen LogP) is 4.31. The third-order valence-corrected chi connectivity index (χ3v) is 4.43. The van der Waals surface area contributed by atoms with Crippen molar-refractivity contribution in [2.24, 2.45) is 0 Å². The van der Waals surface area contributed by atoms with Crippen molar-refractivity contribution < 1.29 is 14.3 Å². The van der Waals surface area contributed by atoms with E-state index in [-0.39, 0.29) is 12.5 Å². The number of amides is 1. The molecule has 0 saturated heterocycles. The number of ether oxygens (including phenoxy) is 2. The van der Waals surface area contributed by atoms with Gasteiger partial charge in [-0.25, -0.2) is 0 Å².